The van der Waals surface area contributed by atoms with Gasteiger partial charge in [-0.05, 0) is 63.1 Å². The molecule has 1 aliphatic rings. The van der Waals surface area contributed by atoms with E-state index in [2.05, 4.69) is 24.3 Å². The van der Waals surface area contributed by atoms with Crippen molar-refractivity contribution in [3.8, 4) is 0 Å². The Morgan fingerprint density at radius 2 is 1.77 bits per heavy atom. The van der Waals surface area contributed by atoms with Crippen molar-refractivity contribution in [3.63, 3.8) is 0 Å². The highest BCUT2D eigenvalue weighted by molar-refractivity contribution is 7.86. The maximum absolute atomic E-state index is 12.3. The molecular weight excluding hydrogens is 412 g/mol. The van der Waals surface area contributed by atoms with Crippen LogP contribution >= 0.6 is 0 Å². The fraction of sp³-hybridized carbons (Fsp3) is 0.520. The summed E-state index contributed by atoms with van der Waals surface area (Å²) >= 11 is 0. The van der Waals surface area contributed by atoms with Gasteiger partial charge in [-0.25, -0.2) is 0 Å². The molecule has 0 bridgehead atoms. The van der Waals surface area contributed by atoms with Crippen molar-refractivity contribution in [2.45, 2.75) is 75.6 Å². The lowest BCUT2D eigenvalue weighted by Gasteiger charge is -2.28. The minimum absolute atomic E-state index is 0.0997. The van der Waals surface area contributed by atoms with Gasteiger partial charge in [-0.1, -0.05) is 60.9 Å². The lowest BCUT2D eigenvalue weighted by Crippen LogP contribution is -2.29. The van der Waals surface area contributed by atoms with Gasteiger partial charge >= 0.3 is 0 Å². The second kappa shape index (κ2) is 12.3. The number of unbranched alkanes of at least 4 members (excludes halogenated alkanes) is 2. The normalized spacial score (nSPS) is 18.0. The van der Waals surface area contributed by atoms with Crippen LogP contribution in [-0.4, -0.2) is 34.0 Å². The monoisotopic (exact) mass is 446 g/mol. The van der Waals surface area contributed by atoms with Gasteiger partial charge in [0, 0.05) is 6.61 Å². The van der Waals surface area contributed by atoms with Crippen molar-refractivity contribution in [3.05, 3.63) is 65.7 Å². The predicted molar refractivity (Wildman–Crippen MR) is 121 cm³/mol. The Morgan fingerprint density at radius 3 is 2.48 bits per heavy atom. The van der Waals surface area contributed by atoms with Crippen molar-refractivity contribution in [1.29, 1.82) is 0 Å². The molecule has 0 amide bonds. The van der Waals surface area contributed by atoms with Gasteiger partial charge in [0.15, 0.2) is 6.29 Å². The van der Waals surface area contributed by atoms with E-state index in [1.165, 1.54) is 5.56 Å². The molecule has 2 aromatic carbocycles. The molecule has 3 rings (SSSR count). The Bertz CT molecular complexity index is 859. The molecule has 1 aliphatic heterocycles. The second-order valence-corrected chi connectivity index (χ2v) is 9.80. The van der Waals surface area contributed by atoms with Gasteiger partial charge in [-0.3, -0.25) is 4.18 Å². The molecule has 2 atom stereocenters. The summed E-state index contributed by atoms with van der Waals surface area (Å²) in [6.45, 7) is 2.90. The van der Waals surface area contributed by atoms with Crippen LogP contribution in [0, 0.1) is 6.92 Å². The summed E-state index contributed by atoms with van der Waals surface area (Å²) in [6, 6.07) is 17.1. The number of aryl methyl sites for hydroxylation is 1. The van der Waals surface area contributed by atoms with Crippen LogP contribution in [0.4, 0.5) is 0 Å². The van der Waals surface area contributed by atoms with E-state index in [0.717, 1.165) is 57.1 Å². The van der Waals surface area contributed by atoms with Crippen LogP contribution in [0.2, 0.25) is 0 Å². The number of hydrogen-bond acceptors (Lipinski definition) is 5. The molecule has 0 spiro atoms. The number of rotatable bonds is 12. The summed E-state index contributed by atoms with van der Waals surface area (Å²) < 4.78 is 41.7. The third-order valence-corrected chi connectivity index (χ3v) is 6.83. The van der Waals surface area contributed by atoms with Crippen LogP contribution < -0.4 is 0 Å². The molecule has 1 saturated heterocycles. The average Bonchev–Trinajstić information content (AvgIpc) is 2.78. The smallest absolute Gasteiger partial charge is 0.296 e. The average molecular weight is 447 g/mol. The summed E-state index contributed by atoms with van der Waals surface area (Å²) in [7, 11) is -3.68. The van der Waals surface area contributed by atoms with E-state index in [-0.39, 0.29) is 23.9 Å². The SMILES string of the molecule is Cc1ccc(S(=O)(=O)OCCCCC[C@H](Cc2ccccc2)OC2CCCCO2)cc1. The Morgan fingerprint density at radius 1 is 1.00 bits per heavy atom. The van der Waals surface area contributed by atoms with Crippen LogP contribution in [0.25, 0.3) is 0 Å². The molecule has 31 heavy (non-hydrogen) atoms. The van der Waals surface area contributed by atoms with Crippen molar-refractivity contribution in [2.75, 3.05) is 13.2 Å². The van der Waals surface area contributed by atoms with Gasteiger partial charge in [-0.15, -0.1) is 0 Å². The van der Waals surface area contributed by atoms with Crippen molar-refractivity contribution in [1.82, 2.24) is 0 Å². The van der Waals surface area contributed by atoms with Gasteiger partial charge in [0.2, 0.25) is 0 Å². The van der Waals surface area contributed by atoms with Crippen molar-refractivity contribution in [2.24, 2.45) is 0 Å². The van der Waals surface area contributed by atoms with E-state index in [9.17, 15) is 8.42 Å². The van der Waals surface area contributed by atoms with E-state index in [0.29, 0.717) is 6.42 Å². The highest BCUT2D eigenvalue weighted by atomic mass is 32.2. The van der Waals surface area contributed by atoms with Crippen molar-refractivity contribution >= 4 is 10.1 Å². The van der Waals surface area contributed by atoms with Crippen LogP contribution in [0.3, 0.4) is 0 Å². The zero-order valence-corrected chi connectivity index (χ0v) is 19.2. The molecule has 0 N–H and O–H groups in total. The molecule has 1 fully saturated rings. The molecule has 5 nitrogen and oxygen atoms in total. The Hall–Kier alpha value is -1.73. The molecule has 170 valence electrons. The summed E-state index contributed by atoms with van der Waals surface area (Å²) in [6.07, 6.45) is 7.52. The van der Waals surface area contributed by atoms with E-state index in [1.807, 2.05) is 13.0 Å². The molecular formula is C25H34O5S. The highest BCUT2D eigenvalue weighted by Gasteiger charge is 2.20. The molecule has 0 saturated carbocycles. The van der Waals surface area contributed by atoms with Gasteiger partial charge in [0.05, 0.1) is 17.6 Å². The molecule has 0 radical (unpaired) electrons. The van der Waals surface area contributed by atoms with E-state index < -0.39 is 10.1 Å². The van der Waals surface area contributed by atoms with Crippen LogP contribution in [0.5, 0.6) is 0 Å². The summed E-state index contributed by atoms with van der Waals surface area (Å²) in [5.41, 5.74) is 2.28. The third kappa shape index (κ3) is 8.37. The quantitative estimate of drug-likeness (QED) is 0.322. The summed E-state index contributed by atoms with van der Waals surface area (Å²) in [5.74, 6) is 0. The van der Waals surface area contributed by atoms with Crippen LogP contribution in [-0.2, 0) is 30.2 Å². The van der Waals surface area contributed by atoms with Gasteiger partial charge in [0.1, 0.15) is 0 Å². The third-order valence-electron chi connectivity index (χ3n) is 5.51. The highest BCUT2D eigenvalue weighted by Crippen LogP contribution is 2.21. The zero-order chi connectivity index (χ0) is 21.9. The Labute approximate surface area is 186 Å². The fourth-order valence-corrected chi connectivity index (χ4v) is 4.66. The first kappa shape index (κ1) is 23.9. The lowest BCUT2D eigenvalue weighted by atomic mass is 10.0. The first-order chi connectivity index (χ1) is 15.0. The van der Waals surface area contributed by atoms with Crippen molar-refractivity contribution < 1.29 is 22.1 Å². The molecule has 6 heteroatoms. The Kier molecular flexibility index (Phi) is 9.53. The Balaban J connectivity index is 1.41. The molecule has 1 heterocycles. The minimum Gasteiger partial charge on any atom is -0.353 e. The molecule has 0 aromatic heterocycles. The number of hydrogen-bond donors (Lipinski definition) is 0. The largest absolute Gasteiger partial charge is 0.353 e. The predicted octanol–water partition coefficient (Wildman–Crippen LogP) is 5.42. The first-order valence-electron chi connectivity index (χ1n) is 11.3. The molecule has 1 unspecified atom stereocenters. The van der Waals surface area contributed by atoms with Gasteiger partial charge in [0.25, 0.3) is 10.1 Å². The molecule has 2 aromatic rings. The maximum Gasteiger partial charge on any atom is 0.296 e. The zero-order valence-electron chi connectivity index (χ0n) is 18.4. The second-order valence-electron chi connectivity index (χ2n) is 8.18. The van der Waals surface area contributed by atoms with Gasteiger partial charge in [-0.2, -0.15) is 8.42 Å². The van der Waals surface area contributed by atoms with E-state index >= 15 is 0 Å². The topological polar surface area (TPSA) is 61.8 Å². The number of ether oxygens (including phenoxy) is 2. The number of benzene rings is 2. The summed E-state index contributed by atoms with van der Waals surface area (Å²) in [5, 5.41) is 0. The standard InChI is InChI=1S/C25H34O5S/c1-21-14-16-24(17-15-21)31(26,27)29-19-8-3-6-12-23(20-22-10-4-2-5-11-22)30-25-13-7-9-18-28-25/h2,4-5,10-11,14-17,23,25H,3,6-9,12-13,18-20H2,1H3/t23-,25?/m1/s1. The van der Waals surface area contributed by atoms with Gasteiger partial charge < -0.3 is 9.47 Å². The maximum atomic E-state index is 12.3. The fourth-order valence-electron chi connectivity index (χ4n) is 3.72. The minimum atomic E-state index is -3.68. The van der Waals surface area contributed by atoms with E-state index in [4.69, 9.17) is 13.7 Å². The van der Waals surface area contributed by atoms with E-state index in [1.54, 1.807) is 24.3 Å². The summed E-state index contributed by atoms with van der Waals surface area (Å²) in [4.78, 5) is 0.210. The van der Waals surface area contributed by atoms with Crippen LogP contribution in [0.1, 0.15) is 56.1 Å². The first-order valence-corrected chi connectivity index (χ1v) is 12.7. The lowest BCUT2D eigenvalue weighted by molar-refractivity contribution is -0.189. The van der Waals surface area contributed by atoms with Crippen LogP contribution in [0.15, 0.2) is 59.5 Å². The molecule has 0 aliphatic carbocycles.